The molecular formula is C59H71N7O11P2. The van der Waals surface area contributed by atoms with E-state index < -0.39 is 63.3 Å². The summed E-state index contributed by atoms with van der Waals surface area (Å²) in [5, 5.41) is 35.0. The van der Waals surface area contributed by atoms with Gasteiger partial charge in [-0.2, -0.15) is 5.10 Å². The number of aromatic nitrogens is 2. The van der Waals surface area contributed by atoms with Gasteiger partial charge in [0, 0.05) is 43.4 Å². The largest absolute Gasteiger partial charge is 0.464 e. The molecule has 1 aliphatic heterocycles. The molecule has 6 aromatic carbocycles. The van der Waals surface area contributed by atoms with Gasteiger partial charge in [-0.15, -0.1) is 0 Å². The zero-order valence-corrected chi connectivity index (χ0v) is 46.5. The molecule has 79 heavy (non-hydrogen) atoms. The van der Waals surface area contributed by atoms with E-state index in [1.165, 1.54) is 6.92 Å². The predicted octanol–water partition coefficient (Wildman–Crippen LogP) is 9.21. The van der Waals surface area contributed by atoms with E-state index in [1.807, 2.05) is 97.1 Å². The second-order valence-corrected chi connectivity index (χ2v) is 24.1. The van der Waals surface area contributed by atoms with Gasteiger partial charge in [0.15, 0.2) is 11.9 Å². The lowest BCUT2D eigenvalue weighted by Crippen LogP contribution is -2.50. The van der Waals surface area contributed by atoms with Crippen LogP contribution in [0, 0.1) is 0 Å². The van der Waals surface area contributed by atoms with E-state index in [2.05, 4.69) is 15.5 Å². The van der Waals surface area contributed by atoms with Crippen LogP contribution in [0.3, 0.4) is 0 Å². The summed E-state index contributed by atoms with van der Waals surface area (Å²) in [6.45, 7) is 5.63. The number of carbonyl (C=O) groups excluding carboxylic acids is 3. The van der Waals surface area contributed by atoms with Crippen LogP contribution in [-0.2, 0) is 49.1 Å². The first-order chi connectivity index (χ1) is 38.0. The molecule has 7 aromatic rings. The minimum atomic E-state index is -3.89. The van der Waals surface area contributed by atoms with Crippen molar-refractivity contribution < 1.29 is 52.0 Å². The summed E-state index contributed by atoms with van der Waals surface area (Å²) in [6.07, 6.45) is -1.98. The molecule has 0 bridgehead atoms. The number of aliphatic hydroxyl groups is 2. The zero-order valence-electron chi connectivity index (χ0n) is 44.7. The average molecular weight is 1120 g/mol. The van der Waals surface area contributed by atoms with Gasteiger partial charge in [0.25, 0.3) is 5.91 Å². The monoisotopic (exact) mass is 1120 g/mol. The van der Waals surface area contributed by atoms with Crippen molar-refractivity contribution in [3.63, 3.8) is 0 Å². The number of nitrogens with one attached hydrogen (secondary N) is 2. The Morgan fingerprint density at radius 2 is 1.24 bits per heavy atom. The molecule has 8 rings (SSSR count). The number of hydrogen-bond donors (Lipinski definition) is 6. The van der Waals surface area contributed by atoms with Gasteiger partial charge in [0.2, 0.25) is 7.37 Å². The van der Waals surface area contributed by atoms with Crippen LogP contribution in [0.25, 0.3) is 10.9 Å². The first kappa shape index (κ1) is 59.4. The van der Waals surface area contributed by atoms with Crippen LogP contribution < -0.4 is 25.8 Å². The van der Waals surface area contributed by atoms with Crippen molar-refractivity contribution in [1.82, 2.24) is 25.3 Å². The second-order valence-electron chi connectivity index (χ2n) is 19.4. The normalized spacial score (nSPS) is 18.2. The van der Waals surface area contributed by atoms with Gasteiger partial charge in [-0.3, -0.25) is 19.0 Å². The number of rotatable bonds is 24. The number of nitrogen functional groups attached to an aromatic ring is 1. The lowest BCUT2D eigenvalue weighted by atomic mass is 9.91. The van der Waals surface area contributed by atoms with Crippen LogP contribution in [0.5, 0.6) is 11.5 Å². The fourth-order valence-electron chi connectivity index (χ4n) is 9.21. The molecule has 1 aromatic heterocycles. The van der Waals surface area contributed by atoms with Crippen LogP contribution in [0.15, 0.2) is 164 Å². The van der Waals surface area contributed by atoms with Gasteiger partial charge in [-0.05, 0) is 117 Å². The number of aliphatic hydroxyl groups excluding tert-OH is 2. The van der Waals surface area contributed by atoms with E-state index in [0.29, 0.717) is 46.5 Å². The number of carbonyl (C=O) groups is 3. The van der Waals surface area contributed by atoms with E-state index in [4.69, 9.17) is 29.8 Å². The maximum absolute atomic E-state index is 15.3. The number of ether oxygens (including phenoxy) is 1. The fourth-order valence-corrected chi connectivity index (χ4v) is 12.4. The maximum Gasteiger partial charge on any atom is 0.380 e. The molecular weight excluding hydrogens is 1040 g/mol. The highest BCUT2D eigenvalue weighted by Crippen LogP contribution is 2.50. The fraction of sp³-hybridized carbons (Fsp3) is 0.322. The standard InChI is InChI=1S/C49H55N6O9P.C10H16NO2P/c1-3-62-48(59)33(2)63-65(61,64-39-21-11-6-12-22-39)26-14-25-51-47(58)38-20-13-19-36(27-38)31-54-42(29-34-15-7-4-8-16-34)44(56)45(57)43(30-35-17-9-5-10-18-35)55(49(54)60)32-37-23-24-41-40(28-37)46(50)53-52-41;1-14(12,9-5-8-11)13-10-6-3-2-4-7-10/h4-13,15-24,27-28,33,42-45,56-57H,3,14,25-26,29-32H2,1-2H3,(H,51,58)(H3,50,52,53);2-4,6-7H,5,8-9,11H2,1H3/t33-,42+,43+,44-,45-,65?;/m0./s1. The van der Waals surface area contributed by atoms with Gasteiger partial charge in [0.05, 0.1) is 30.4 Å². The molecule has 7 atom stereocenters. The summed E-state index contributed by atoms with van der Waals surface area (Å²) in [5.41, 5.74) is 15.7. The number of urea groups is 1. The van der Waals surface area contributed by atoms with Gasteiger partial charge >= 0.3 is 19.6 Å². The number of fused-ring (bicyclic) bond motifs is 1. The molecule has 0 aliphatic carbocycles. The smallest absolute Gasteiger partial charge is 0.380 e. The minimum Gasteiger partial charge on any atom is -0.464 e. The zero-order chi connectivity index (χ0) is 56.4. The van der Waals surface area contributed by atoms with Gasteiger partial charge in [0.1, 0.15) is 23.7 Å². The molecule has 18 nitrogen and oxygen atoms in total. The SMILES string of the molecule is CCOC(=O)[C@H](C)OP(=O)(CCCNC(=O)c1cccc(CN2C(=O)N(Cc3ccc4[nH]nc(N)c4c3)[C@H](Cc3ccccc3)[C@H](O)[C@@H](O)[C@H]2Cc2ccccc2)c1)Oc1ccccc1.CP(=O)(CCCN)Oc1ccccc1. The number of anilines is 1. The number of para-hydroxylation sites is 2. The van der Waals surface area contributed by atoms with Crippen molar-refractivity contribution in [2.75, 3.05) is 44.4 Å². The van der Waals surface area contributed by atoms with Crippen molar-refractivity contribution in [3.05, 3.63) is 192 Å². The molecule has 8 N–H and O–H groups in total. The molecule has 1 aliphatic rings. The van der Waals surface area contributed by atoms with Gasteiger partial charge < -0.3 is 50.6 Å². The summed E-state index contributed by atoms with van der Waals surface area (Å²) < 4.78 is 47.7. The van der Waals surface area contributed by atoms with E-state index in [-0.39, 0.29) is 51.7 Å². The Balaban J connectivity index is 0.000000562. The van der Waals surface area contributed by atoms with E-state index >= 15 is 4.79 Å². The first-order valence-electron chi connectivity index (χ1n) is 26.4. The highest BCUT2D eigenvalue weighted by molar-refractivity contribution is 7.58. The number of nitrogens with two attached hydrogens (primary N) is 2. The highest BCUT2D eigenvalue weighted by Gasteiger charge is 2.46. The Morgan fingerprint density at radius 1 is 0.709 bits per heavy atom. The third kappa shape index (κ3) is 17.1. The molecule has 2 heterocycles. The van der Waals surface area contributed by atoms with Crippen LogP contribution >= 0.6 is 15.0 Å². The summed E-state index contributed by atoms with van der Waals surface area (Å²) in [7, 11) is -6.40. The number of aromatic amines is 1. The van der Waals surface area contributed by atoms with Crippen LogP contribution in [0.1, 0.15) is 59.3 Å². The first-order valence-corrected chi connectivity index (χ1v) is 30.3. The van der Waals surface area contributed by atoms with Crippen LogP contribution in [0.4, 0.5) is 10.6 Å². The Bertz CT molecular complexity index is 3160. The van der Waals surface area contributed by atoms with Crippen molar-refractivity contribution >= 4 is 49.6 Å². The van der Waals surface area contributed by atoms with Crippen LogP contribution in [0.2, 0.25) is 0 Å². The van der Waals surface area contributed by atoms with Crippen molar-refractivity contribution in [2.24, 2.45) is 5.73 Å². The highest BCUT2D eigenvalue weighted by atomic mass is 31.2. The summed E-state index contributed by atoms with van der Waals surface area (Å²) >= 11 is 0. The molecule has 1 saturated heterocycles. The van der Waals surface area contributed by atoms with E-state index in [0.717, 1.165) is 28.6 Å². The van der Waals surface area contributed by atoms with Crippen molar-refractivity contribution in [2.45, 2.75) is 83.0 Å². The summed E-state index contributed by atoms with van der Waals surface area (Å²) in [6, 6.07) is 47.1. The minimum absolute atomic E-state index is 0.000496. The third-order valence-corrected chi connectivity index (χ3v) is 16.9. The topological polar surface area (TPSA) is 262 Å². The maximum atomic E-state index is 15.3. The van der Waals surface area contributed by atoms with Crippen molar-refractivity contribution in [1.29, 1.82) is 0 Å². The van der Waals surface area contributed by atoms with Crippen molar-refractivity contribution in [3.8, 4) is 11.5 Å². The molecule has 0 saturated carbocycles. The molecule has 1 fully saturated rings. The molecule has 20 heteroatoms. The summed E-state index contributed by atoms with van der Waals surface area (Å²) in [4.78, 5) is 44.5. The Morgan fingerprint density at radius 3 is 1.80 bits per heavy atom. The number of hydrogen-bond acceptors (Lipinski definition) is 14. The van der Waals surface area contributed by atoms with Crippen LogP contribution in [-0.4, -0.2) is 117 Å². The number of H-pyrrole nitrogens is 1. The molecule has 0 radical (unpaired) electrons. The van der Waals surface area contributed by atoms with E-state index in [9.17, 15) is 28.9 Å². The predicted molar refractivity (Wildman–Crippen MR) is 306 cm³/mol. The summed E-state index contributed by atoms with van der Waals surface area (Å²) in [5.74, 6) is 0.202. The molecule has 0 spiro atoms. The quantitative estimate of drug-likeness (QED) is 0.0187. The number of esters is 1. The molecule has 418 valence electrons. The van der Waals surface area contributed by atoms with Gasteiger partial charge in [-0.1, -0.05) is 115 Å². The number of benzene rings is 6. The Kier molecular flexibility index (Phi) is 21.4. The Hall–Kier alpha value is -7.30. The molecule has 2 unspecified atom stereocenters. The number of nitrogens with zero attached hydrogens (tertiary/aromatic N) is 3. The molecule has 3 amide bonds. The van der Waals surface area contributed by atoms with E-state index in [1.54, 1.807) is 90.1 Å². The number of amides is 3. The second kappa shape index (κ2) is 28.5. The average Bonchev–Trinajstić information content (AvgIpc) is 3.82. The lowest BCUT2D eigenvalue weighted by molar-refractivity contribution is -0.150. The van der Waals surface area contributed by atoms with Gasteiger partial charge in [-0.25, -0.2) is 14.2 Å². The lowest BCUT2D eigenvalue weighted by Gasteiger charge is -2.36. The third-order valence-electron chi connectivity index (χ3n) is 13.2. The Labute approximate surface area is 461 Å².